The monoisotopic (exact) mass is 448 g/mol. The molecular formula is C21H13BrN4O3. The van der Waals surface area contributed by atoms with E-state index < -0.39 is 4.92 Å². The van der Waals surface area contributed by atoms with Crippen molar-refractivity contribution in [3.8, 4) is 17.4 Å². The molecule has 2 heterocycles. The molecule has 0 aliphatic heterocycles. The number of allylic oxidation sites excluding steroid dienone is 1. The maximum Gasteiger partial charge on any atom is 0.270 e. The van der Waals surface area contributed by atoms with E-state index in [4.69, 9.17) is 4.42 Å². The van der Waals surface area contributed by atoms with Gasteiger partial charge in [0.1, 0.15) is 23.4 Å². The molecule has 0 aliphatic carbocycles. The number of aryl methyl sites for hydroxylation is 1. The molecule has 0 saturated heterocycles. The van der Waals surface area contributed by atoms with Crippen LogP contribution in [0.3, 0.4) is 0 Å². The molecule has 0 atom stereocenters. The topological polar surface area (TPSA) is 109 Å². The van der Waals surface area contributed by atoms with Gasteiger partial charge in [-0.3, -0.25) is 10.1 Å². The Balaban J connectivity index is 1.68. The molecule has 8 heteroatoms. The van der Waals surface area contributed by atoms with Crippen molar-refractivity contribution in [1.82, 2.24) is 9.97 Å². The lowest BCUT2D eigenvalue weighted by Crippen LogP contribution is -1.88. The number of imidazole rings is 1. The highest BCUT2D eigenvalue weighted by atomic mass is 79.9. The molecule has 0 fully saturated rings. The van der Waals surface area contributed by atoms with Gasteiger partial charge in [0, 0.05) is 28.2 Å². The Morgan fingerprint density at radius 2 is 2.10 bits per heavy atom. The zero-order valence-electron chi connectivity index (χ0n) is 15.1. The van der Waals surface area contributed by atoms with Crippen molar-refractivity contribution < 1.29 is 9.34 Å². The molecule has 7 nitrogen and oxygen atoms in total. The van der Waals surface area contributed by atoms with Gasteiger partial charge >= 0.3 is 0 Å². The first-order chi connectivity index (χ1) is 13.9. The molecule has 1 N–H and O–H groups in total. The van der Waals surface area contributed by atoms with E-state index >= 15 is 0 Å². The summed E-state index contributed by atoms with van der Waals surface area (Å²) in [4.78, 5) is 18.1. The van der Waals surface area contributed by atoms with Crippen LogP contribution in [-0.2, 0) is 0 Å². The van der Waals surface area contributed by atoms with Crippen LogP contribution >= 0.6 is 15.9 Å². The second kappa shape index (κ2) is 7.37. The van der Waals surface area contributed by atoms with Crippen molar-refractivity contribution in [2.24, 2.45) is 0 Å². The number of nitro groups is 1. The van der Waals surface area contributed by atoms with Gasteiger partial charge in [0.15, 0.2) is 0 Å². The Morgan fingerprint density at radius 1 is 1.28 bits per heavy atom. The molecule has 0 aliphatic rings. The molecule has 142 valence electrons. The number of rotatable bonds is 4. The van der Waals surface area contributed by atoms with E-state index in [1.165, 1.54) is 12.1 Å². The lowest BCUT2D eigenvalue weighted by molar-refractivity contribution is -0.384. The molecule has 0 saturated carbocycles. The van der Waals surface area contributed by atoms with E-state index in [0.29, 0.717) is 33.0 Å². The number of hydrogen-bond donors (Lipinski definition) is 1. The molecule has 2 aromatic heterocycles. The van der Waals surface area contributed by atoms with Crippen LogP contribution in [-0.4, -0.2) is 14.9 Å². The lowest BCUT2D eigenvalue weighted by atomic mass is 10.1. The number of fused-ring (bicyclic) bond motifs is 1. The number of H-pyrrole nitrogens is 1. The molecule has 4 aromatic rings. The van der Waals surface area contributed by atoms with Crippen LogP contribution in [0.2, 0.25) is 0 Å². The van der Waals surface area contributed by atoms with Crippen LogP contribution in [0.25, 0.3) is 34.0 Å². The molecule has 29 heavy (non-hydrogen) atoms. The first-order valence-corrected chi connectivity index (χ1v) is 9.36. The number of aromatic nitrogens is 2. The Morgan fingerprint density at radius 3 is 2.83 bits per heavy atom. The van der Waals surface area contributed by atoms with E-state index in [2.05, 4.69) is 32.0 Å². The van der Waals surface area contributed by atoms with Crippen LogP contribution < -0.4 is 0 Å². The number of nitro benzene ring substituents is 1. The van der Waals surface area contributed by atoms with Crippen LogP contribution in [0.4, 0.5) is 5.69 Å². The van der Waals surface area contributed by atoms with Crippen molar-refractivity contribution in [1.29, 1.82) is 5.26 Å². The summed E-state index contributed by atoms with van der Waals surface area (Å²) >= 11 is 3.34. The normalized spacial score (nSPS) is 11.6. The average Bonchev–Trinajstić information content (AvgIpc) is 3.32. The van der Waals surface area contributed by atoms with Crippen molar-refractivity contribution >= 4 is 44.3 Å². The quantitative estimate of drug-likeness (QED) is 0.238. The Labute approximate surface area is 173 Å². The van der Waals surface area contributed by atoms with Gasteiger partial charge in [-0.25, -0.2) is 4.98 Å². The number of nitrogens with zero attached hydrogens (tertiary/aromatic N) is 3. The molecule has 0 bridgehead atoms. The molecule has 4 rings (SSSR count). The highest BCUT2D eigenvalue weighted by molar-refractivity contribution is 9.10. The Hall–Kier alpha value is -3.70. The minimum Gasteiger partial charge on any atom is -0.457 e. The second-order valence-corrected chi connectivity index (χ2v) is 7.25. The third-order valence-electron chi connectivity index (χ3n) is 4.36. The highest BCUT2D eigenvalue weighted by Gasteiger charge is 2.14. The van der Waals surface area contributed by atoms with Crippen molar-refractivity contribution in [2.45, 2.75) is 6.92 Å². The SMILES string of the molecule is Cc1ccc2nc(/C(C#N)=C\c3ccc(-c4ccc([N+](=O)[O-])cc4Br)o3)[nH]c2c1. The number of nitriles is 1. The molecule has 0 radical (unpaired) electrons. The van der Waals surface area contributed by atoms with Crippen molar-refractivity contribution in [3.63, 3.8) is 0 Å². The predicted molar refractivity (Wildman–Crippen MR) is 113 cm³/mol. The van der Waals surface area contributed by atoms with Gasteiger partial charge in [0.25, 0.3) is 5.69 Å². The third-order valence-corrected chi connectivity index (χ3v) is 5.01. The molecule has 0 amide bonds. The Kier molecular flexibility index (Phi) is 4.74. The Bertz CT molecular complexity index is 1330. The third kappa shape index (κ3) is 3.68. The minimum atomic E-state index is -0.459. The first-order valence-electron chi connectivity index (χ1n) is 8.57. The summed E-state index contributed by atoms with van der Waals surface area (Å²) in [6.45, 7) is 1.99. The summed E-state index contributed by atoms with van der Waals surface area (Å²) in [7, 11) is 0. The van der Waals surface area contributed by atoms with E-state index in [9.17, 15) is 15.4 Å². The van der Waals surface area contributed by atoms with Gasteiger partial charge in [-0.15, -0.1) is 0 Å². The molecule has 2 aromatic carbocycles. The van der Waals surface area contributed by atoms with Crippen LogP contribution in [0.15, 0.2) is 57.4 Å². The van der Waals surface area contributed by atoms with Crippen LogP contribution in [0.5, 0.6) is 0 Å². The number of nitrogens with one attached hydrogen (secondary N) is 1. The minimum absolute atomic E-state index is 0.0146. The zero-order chi connectivity index (χ0) is 20.5. The van der Waals surface area contributed by atoms with Gasteiger partial charge in [0.2, 0.25) is 0 Å². The van der Waals surface area contributed by atoms with Crippen LogP contribution in [0, 0.1) is 28.4 Å². The number of non-ortho nitro benzene ring substituents is 1. The van der Waals surface area contributed by atoms with Crippen molar-refractivity contribution in [3.05, 3.63) is 80.3 Å². The number of hydrogen-bond acceptors (Lipinski definition) is 5. The maximum absolute atomic E-state index is 10.9. The van der Waals surface area contributed by atoms with Gasteiger partial charge in [-0.05, 0) is 58.7 Å². The van der Waals surface area contributed by atoms with E-state index in [1.54, 1.807) is 24.3 Å². The zero-order valence-corrected chi connectivity index (χ0v) is 16.7. The molecular weight excluding hydrogens is 436 g/mol. The van der Waals surface area contributed by atoms with Gasteiger partial charge in [0.05, 0.1) is 21.5 Å². The first kappa shape index (κ1) is 18.7. The smallest absolute Gasteiger partial charge is 0.270 e. The molecule has 0 unspecified atom stereocenters. The number of aromatic amines is 1. The van der Waals surface area contributed by atoms with Gasteiger partial charge < -0.3 is 9.40 Å². The summed E-state index contributed by atoms with van der Waals surface area (Å²) < 4.78 is 6.37. The fraction of sp³-hybridized carbons (Fsp3) is 0.0476. The lowest BCUT2D eigenvalue weighted by Gasteiger charge is -2.01. The number of benzene rings is 2. The van der Waals surface area contributed by atoms with Crippen LogP contribution in [0.1, 0.15) is 17.1 Å². The maximum atomic E-state index is 10.9. The van der Waals surface area contributed by atoms with Gasteiger partial charge in [-0.1, -0.05) is 6.07 Å². The summed E-state index contributed by atoms with van der Waals surface area (Å²) in [5, 5.41) is 20.5. The molecule has 0 spiro atoms. The summed E-state index contributed by atoms with van der Waals surface area (Å²) in [6.07, 6.45) is 1.60. The number of halogens is 1. The fourth-order valence-electron chi connectivity index (χ4n) is 2.94. The number of furan rings is 1. The van der Waals surface area contributed by atoms with Crippen molar-refractivity contribution in [2.75, 3.05) is 0 Å². The van der Waals surface area contributed by atoms with E-state index in [-0.39, 0.29) is 5.69 Å². The fourth-order valence-corrected chi connectivity index (χ4v) is 3.50. The largest absolute Gasteiger partial charge is 0.457 e. The average molecular weight is 449 g/mol. The summed E-state index contributed by atoms with van der Waals surface area (Å²) in [6, 6.07) is 15.9. The van der Waals surface area contributed by atoms with E-state index in [1.807, 2.05) is 25.1 Å². The summed E-state index contributed by atoms with van der Waals surface area (Å²) in [5.41, 5.74) is 3.73. The predicted octanol–water partition coefficient (Wildman–Crippen LogP) is 5.87. The highest BCUT2D eigenvalue weighted by Crippen LogP contribution is 2.33. The standard InChI is InChI=1S/C21H13BrN4O3/c1-12-2-6-18-19(8-12)25-21(24-18)13(11-23)9-15-4-7-20(29-15)16-5-3-14(26(27)28)10-17(16)22/h2-10H,1H3,(H,24,25)/b13-9-. The van der Waals surface area contributed by atoms with Gasteiger partial charge in [-0.2, -0.15) is 5.26 Å². The second-order valence-electron chi connectivity index (χ2n) is 6.40. The summed E-state index contributed by atoms with van der Waals surface area (Å²) in [5.74, 6) is 1.46. The van der Waals surface area contributed by atoms with E-state index in [0.717, 1.165) is 16.6 Å².